The fourth-order valence-electron chi connectivity index (χ4n) is 2.91. The van der Waals surface area contributed by atoms with Gasteiger partial charge in [-0.25, -0.2) is 0 Å². The molecule has 0 bridgehead atoms. The van der Waals surface area contributed by atoms with Crippen molar-refractivity contribution in [3.63, 3.8) is 0 Å². The van der Waals surface area contributed by atoms with E-state index in [1.54, 1.807) is 31.2 Å². The molecule has 2 amide bonds. The van der Waals surface area contributed by atoms with Crippen LogP contribution in [0.3, 0.4) is 0 Å². The summed E-state index contributed by atoms with van der Waals surface area (Å²) in [5.41, 5.74) is 0.415. The number of hydrogen-bond donors (Lipinski definition) is 2. The van der Waals surface area contributed by atoms with Gasteiger partial charge in [0.15, 0.2) is 0 Å². The van der Waals surface area contributed by atoms with Gasteiger partial charge in [0.1, 0.15) is 0 Å². The standard InChI is InChI=1S/C21H15F3N6O3/c1-12-4-2-3-5-15(12)17(31)26-19-28-20(27-18(32)16-10-11-25-33-16)30(29-19)14-8-6-13(7-9-14)21(22,23)24/h2-11H,1H3,(H2,26,27,28,29,31,32). The van der Waals surface area contributed by atoms with Gasteiger partial charge in [0.05, 0.1) is 17.4 Å². The van der Waals surface area contributed by atoms with Crippen molar-refractivity contribution >= 4 is 23.7 Å². The largest absolute Gasteiger partial charge is 0.416 e. The molecule has 0 saturated heterocycles. The topological polar surface area (TPSA) is 115 Å². The Hall–Kier alpha value is -4.48. The molecular weight excluding hydrogens is 441 g/mol. The number of anilines is 2. The average Bonchev–Trinajstić information content (AvgIpc) is 3.44. The normalized spacial score (nSPS) is 11.3. The summed E-state index contributed by atoms with van der Waals surface area (Å²) in [6.07, 6.45) is -3.25. The Kier molecular flexibility index (Phi) is 5.65. The predicted molar refractivity (Wildman–Crippen MR) is 110 cm³/mol. The molecule has 12 heteroatoms. The van der Waals surface area contributed by atoms with Gasteiger partial charge in [0, 0.05) is 11.6 Å². The van der Waals surface area contributed by atoms with E-state index in [9.17, 15) is 22.8 Å². The number of carbonyl (C=O) groups excluding carboxylic acids is 2. The first-order valence-corrected chi connectivity index (χ1v) is 9.46. The number of aromatic nitrogens is 4. The van der Waals surface area contributed by atoms with E-state index in [4.69, 9.17) is 4.52 Å². The van der Waals surface area contributed by atoms with E-state index in [0.29, 0.717) is 5.56 Å². The Labute approximate surface area is 184 Å². The minimum atomic E-state index is -4.52. The summed E-state index contributed by atoms with van der Waals surface area (Å²) >= 11 is 0. The second-order valence-corrected chi connectivity index (χ2v) is 6.82. The lowest BCUT2D eigenvalue weighted by molar-refractivity contribution is -0.137. The number of alkyl halides is 3. The predicted octanol–water partition coefficient (Wildman–Crippen LogP) is 4.09. The van der Waals surface area contributed by atoms with Crippen LogP contribution in [-0.2, 0) is 6.18 Å². The molecule has 0 aliphatic heterocycles. The maximum atomic E-state index is 12.9. The van der Waals surface area contributed by atoms with Crippen LogP contribution < -0.4 is 10.6 Å². The Bertz CT molecular complexity index is 1300. The lowest BCUT2D eigenvalue weighted by atomic mass is 10.1. The van der Waals surface area contributed by atoms with Gasteiger partial charge in [-0.2, -0.15) is 22.8 Å². The van der Waals surface area contributed by atoms with Crippen molar-refractivity contribution in [1.82, 2.24) is 19.9 Å². The third-order valence-corrected chi connectivity index (χ3v) is 4.55. The summed E-state index contributed by atoms with van der Waals surface area (Å²) in [7, 11) is 0. The number of aryl methyl sites for hydroxylation is 1. The summed E-state index contributed by atoms with van der Waals surface area (Å²) < 4.78 is 44.6. The van der Waals surface area contributed by atoms with Crippen LogP contribution in [0.25, 0.3) is 5.69 Å². The van der Waals surface area contributed by atoms with Crippen molar-refractivity contribution < 1.29 is 27.3 Å². The van der Waals surface area contributed by atoms with Gasteiger partial charge in [-0.1, -0.05) is 23.4 Å². The van der Waals surface area contributed by atoms with Crippen LogP contribution in [0.15, 0.2) is 65.3 Å². The molecule has 0 aliphatic rings. The Balaban J connectivity index is 1.67. The second kappa shape index (κ2) is 8.57. The van der Waals surface area contributed by atoms with Crippen LogP contribution in [0.4, 0.5) is 25.1 Å². The fraction of sp³-hybridized carbons (Fsp3) is 0.0952. The molecule has 2 aromatic heterocycles. The van der Waals surface area contributed by atoms with E-state index in [0.717, 1.165) is 34.5 Å². The summed E-state index contributed by atoms with van der Waals surface area (Å²) in [5, 5.41) is 12.5. The summed E-state index contributed by atoms with van der Waals surface area (Å²) in [4.78, 5) is 29.1. The van der Waals surface area contributed by atoms with Crippen molar-refractivity contribution in [3.05, 3.63) is 83.2 Å². The summed E-state index contributed by atoms with van der Waals surface area (Å²) in [6, 6.07) is 12.2. The molecule has 0 unspecified atom stereocenters. The van der Waals surface area contributed by atoms with Crippen LogP contribution in [0.5, 0.6) is 0 Å². The first kappa shape index (κ1) is 21.7. The zero-order valence-electron chi connectivity index (χ0n) is 16.9. The minimum Gasteiger partial charge on any atom is -0.351 e. The van der Waals surface area contributed by atoms with Gasteiger partial charge >= 0.3 is 6.18 Å². The molecule has 2 N–H and O–H groups in total. The molecule has 9 nitrogen and oxygen atoms in total. The van der Waals surface area contributed by atoms with Crippen molar-refractivity contribution in [2.24, 2.45) is 0 Å². The van der Waals surface area contributed by atoms with Crippen molar-refractivity contribution in [3.8, 4) is 5.69 Å². The maximum Gasteiger partial charge on any atom is 0.416 e. The molecule has 0 saturated carbocycles. The van der Waals surface area contributed by atoms with Gasteiger partial charge in [-0.3, -0.25) is 20.2 Å². The molecular formula is C21H15F3N6O3. The number of rotatable bonds is 5. The number of carbonyl (C=O) groups is 2. The number of benzene rings is 2. The highest BCUT2D eigenvalue weighted by Gasteiger charge is 2.30. The molecule has 33 heavy (non-hydrogen) atoms. The summed E-state index contributed by atoms with van der Waals surface area (Å²) in [5.74, 6) is -1.66. The second-order valence-electron chi connectivity index (χ2n) is 6.82. The molecule has 0 aliphatic carbocycles. The van der Waals surface area contributed by atoms with E-state index in [-0.39, 0.29) is 23.3 Å². The Morgan fingerprint density at radius 2 is 1.70 bits per heavy atom. The molecule has 168 valence electrons. The first-order chi connectivity index (χ1) is 15.7. The highest BCUT2D eigenvalue weighted by molar-refractivity contribution is 6.05. The highest BCUT2D eigenvalue weighted by atomic mass is 19.4. The molecule has 0 fully saturated rings. The van der Waals surface area contributed by atoms with E-state index in [1.165, 1.54) is 12.3 Å². The zero-order valence-corrected chi connectivity index (χ0v) is 16.9. The van der Waals surface area contributed by atoms with E-state index >= 15 is 0 Å². The quantitative estimate of drug-likeness (QED) is 0.468. The van der Waals surface area contributed by atoms with E-state index < -0.39 is 23.6 Å². The van der Waals surface area contributed by atoms with Crippen LogP contribution in [0.2, 0.25) is 0 Å². The molecule has 4 aromatic rings. The molecule has 2 aromatic carbocycles. The first-order valence-electron chi connectivity index (χ1n) is 9.46. The SMILES string of the molecule is Cc1ccccc1C(=O)Nc1nc(NC(=O)c2ccno2)n(-c2ccc(C(F)(F)F)cc2)n1. The van der Waals surface area contributed by atoms with Crippen molar-refractivity contribution in [2.75, 3.05) is 10.6 Å². The minimum absolute atomic E-state index is 0.123. The molecule has 4 rings (SSSR count). The van der Waals surface area contributed by atoms with Crippen molar-refractivity contribution in [2.45, 2.75) is 13.1 Å². The fourth-order valence-corrected chi connectivity index (χ4v) is 2.91. The van der Waals surface area contributed by atoms with Crippen LogP contribution in [0, 0.1) is 6.92 Å². The van der Waals surface area contributed by atoms with E-state index in [1.807, 2.05) is 0 Å². The number of amides is 2. The maximum absolute atomic E-state index is 12.9. The number of nitrogens with zero attached hydrogens (tertiary/aromatic N) is 4. The molecule has 0 atom stereocenters. The molecule has 0 radical (unpaired) electrons. The van der Waals surface area contributed by atoms with Crippen LogP contribution >= 0.6 is 0 Å². The Morgan fingerprint density at radius 1 is 0.970 bits per heavy atom. The van der Waals surface area contributed by atoms with Gasteiger partial charge in [0.25, 0.3) is 17.8 Å². The van der Waals surface area contributed by atoms with E-state index in [2.05, 4.69) is 25.9 Å². The number of halogens is 3. The lowest BCUT2D eigenvalue weighted by Gasteiger charge is -2.09. The third-order valence-electron chi connectivity index (χ3n) is 4.55. The van der Waals surface area contributed by atoms with Gasteiger partial charge < -0.3 is 4.52 Å². The molecule has 0 spiro atoms. The zero-order chi connectivity index (χ0) is 23.6. The number of nitrogens with one attached hydrogen (secondary N) is 2. The third kappa shape index (κ3) is 4.74. The van der Waals surface area contributed by atoms with Gasteiger partial charge in [0.2, 0.25) is 11.7 Å². The average molecular weight is 456 g/mol. The molecule has 2 heterocycles. The lowest BCUT2D eigenvalue weighted by Crippen LogP contribution is -2.15. The van der Waals surface area contributed by atoms with Crippen molar-refractivity contribution in [1.29, 1.82) is 0 Å². The van der Waals surface area contributed by atoms with Crippen LogP contribution in [0.1, 0.15) is 32.0 Å². The highest BCUT2D eigenvalue weighted by Crippen LogP contribution is 2.30. The van der Waals surface area contributed by atoms with Crippen LogP contribution in [-0.4, -0.2) is 31.7 Å². The Morgan fingerprint density at radius 3 is 2.33 bits per heavy atom. The van der Waals surface area contributed by atoms with Gasteiger partial charge in [-0.05, 0) is 42.8 Å². The van der Waals surface area contributed by atoms with Gasteiger partial charge in [-0.15, -0.1) is 5.10 Å². The monoisotopic (exact) mass is 456 g/mol. The summed E-state index contributed by atoms with van der Waals surface area (Å²) in [6.45, 7) is 1.76. The number of hydrogen-bond acceptors (Lipinski definition) is 6. The smallest absolute Gasteiger partial charge is 0.351 e.